The summed E-state index contributed by atoms with van der Waals surface area (Å²) in [6.07, 6.45) is 0.901. The van der Waals surface area contributed by atoms with Crippen LogP contribution >= 0.6 is 0 Å². The Hall–Kier alpha value is -3.28. The second-order valence-corrected chi connectivity index (χ2v) is 6.07. The molecule has 0 saturated heterocycles. The number of methoxy groups -OCH3 is 2. The SMILES string of the molecule is COC(=O)C(C)Oc1ccc2c(c1C)O/C(=C\c1cccc(OC)c1)C2=O. The van der Waals surface area contributed by atoms with Gasteiger partial charge in [0.15, 0.2) is 11.9 Å². The van der Waals surface area contributed by atoms with Crippen LogP contribution in [0.15, 0.2) is 42.2 Å². The minimum Gasteiger partial charge on any atom is -0.497 e. The lowest BCUT2D eigenvalue weighted by atomic mass is 10.1. The van der Waals surface area contributed by atoms with Gasteiger partial charge in [0, 0.05) is 5.56 Å². The molecule has 1 aliphatic heterocycles. The molecule has 6 nitrogen and oxygen atoms in total. The summed E-state index contributed by atoms with van der Waals surface area (Å²) in [5.41, 5.74) is 1.89. The number of rotatable bonds is 5. The quantitative estimate of drug-likeness (QED) is 0.594. The first-order valence-corrected chi connectivity index (χ1v) is 8.41. The molecule has 6 heteroatoms. The van der Waals surface area contributed by atoms with Gasteiger partial charge in [0.05, 0.1) is 19.8 Å². The van der Waals surface area contributed by atoms with Crippen molar-refractivity contribution in [3.8, 4) is 17.2 Å². The molecule has 27 heavy (non-hydrogen) atoms. The Balaban J connectivity index is 1.89. The lowest BCUT2D eigenvalue weighted by Crippen LogP contribution is -2.25. The van der Waals surface area contributed by atoms with Crippen LogP contribution in [0.5, 0.6) is 17.2 Å². The Kier molecular flexibility index (Phi) is 5.16. The third-order valence-electron chi connectivity index (χ3n) is 4.27. The molecule has 1 heterocycles. The predicted molar refractivity (Wildman–Crippen MR) is 99.2 cm³/mol. The van der Waals surface area contributed by atoms with Gasteiger partial charge in [-0.05, 0) is 49.8 Å². The molecule has 0 radical (unpaired) electrons. The highest BCUT2D eigenvalue weighted by atomic mass is 16.6. The third-order valence-corrected chi connectivity index (χ3v) is 4.27. The molecule has 0 aliphatic carbocycles. The molecule has 2 aromatic carbocycles. The van der Waals surface area contributed by atoms with Crippen molar-refractivity contribution >= 4 is 17.8 Å². The summed E-state index contributed by atoms with van der Waals surface area (Å²) in [5.74, 6) is 1.12. The van der Waals surface area contributed by atoms with Gasteiger partial charge in [-0.3, -0.25) is 4.79 Å². The predicted octanol–water partition coefficient (Wildman–Crippen LogP) is 3.56. The normalized spacial score (nSPS) is 15.1. The zero-order valence-corrected chi connectivity index (χ0v) is 15.6. The number of allylic oxidation sites excluding steroid dienone is 1. The fourth-order valence-electron chi connectivity index (χ4n) is 2.78. The number of esters is 1. The van der Waals surface area contributed by atoms with E-state index >= 15 is 0 Å². The van der Waals surface area contributed by atoms with Gasteiger partial charge in [0.2, 0.25) is 5.78 Å². The average molecular weight is 368 g/mol. The van der Waals surface area contributed by atoms with E-state index in [9.17, 15) is 9.59 Å². The highest BCUT2D eigenvalue weighted by Crippen LogP contribution is 2.39. The zero-order valence-electron chi connectivity index (χ0n) is 15.6. The topological polar surface area (TPSA) is 71.1 Å². The van der Waals surface area contributed by atoms with E-state index in [1.807, 2.05) is 24.3 Å². The van der Waals surface area contributed by atoms with E-state index in [2.05, 4.69) is 4.74 Å². The fourth-order valence-corrected chi connectivity index (χ4v) is 2.78. The minimum atomic E-state index is -0.768. The van der Waals surface area contributed by atoms with Crippen molar-refractivity contribution in [3.05, 3.63) is 58.8 Å². The van der Waals surface area contributed by atoms with Gasteiger partial charge in [-0.25, -0.2) is 4.79 Å². The number of ketones is 1. The highest BCUT2D eigenvalue weighted by molar-refractivity contribution is 6.15. The monoisotopic (exact) mass is 368 g/mol. The van der Waals surface area contributed by atoms with Crippen LogP contribution in [0.25, 0.3) is 6.08 Å². The van der Waals surface area contributed by atoms with Crippen molar-refractivity contribution in [1.29, 1.82) is 0 Å². The van der Waals surface area contributed by atoms with Gasteiger partial charge in [-0.1, -0.05) is 12.1 Å². The van der Waals surface area contributed by atoms with E-state index in [1.165, 1.54) is 7.11 Å². The minimum absolute atomic E-state index is 0.205. The number of hydrogen-bond donors (Lipinski definition) is 0. The van der Waals surface area contributed by atoms with E-state index in [1.54, 1.807) is 39.2 Å². The fraction of sp³-hybridized carbons (Fsp3) is 0.238. The van der Waals surface area contributed by atoms with Crippen LogP contribution in [0.1, 0.15) is 28.4 Å². The van der Waals surface area contributed by atoms with Crippen LogP contribution in [0.4, 0.5) is 0 Å². The van der Waals surface area contributed by atoms with Crippen LogP contribution in [-0.4, -0.2) is 32.1 Å². The number of hydrogen-bond acceptors (Lipinski definition) is 6. The largest absolute Gasteiger partial charge is 0.497 e. The second kappa shape index (κ2) is 7.53. The van der Waals surface area contributed by atoms with Gasteiger partial charge < -0.3 is 18.9 Å². The second-order valence-electron chi connectivity index (χ2n) is 6.07. The van der Waals surface area contributed by atoms with Crippen LogP contribution in [0.3, 0.4) is 0 Å². The van der Waals surface area contributed by atoms with E-state index < -0.39 is 12.1 Å². The molecule has 1 atom stereocenters. The molecular weight excluding hydrogens is 348 g/mol. The maximum atomic E-state index is 12.7. The molecule has 0 saturated carbocycles. The van der Waals surface area contributed by atoms with Gasteiger partial charge in [-0.15, -0.1) is 0 Å². The van der Waals surface area contributed by atoms with Crippen molar-refractivity contribution in [1.82, 2.24) is 0 Å². The summed E-state index contributed by atoms with van der Waals surface area (Å²) in [7, 11) is 2.88. The summed E-state index contributed by atoms with van der Waals surface area (Å²) in [6.45, 7) is 3.37. The van der Waals surface area contributed by atoms with E-state index in [-0.39, 0.29) is 11.5 Å². The first-order valence-electron chi connectivity index (χ1n) is 8.41. The van der Waals surface area contributed by atoms with Crippen LogP contribution in [0, 0.1) is 6.92 Å². The summed E-state index contributed by atoms with van der Waals surface area (Å²) in [6, 6.07) is 10.6. The first-order chi connectivity index (χ1) is 12.9. The molecule has 0 N–H and O–H groups in total. The number of benzene rings is 2. The van der Waals surface area contributed by atoms with Crippen LogP contribution in [0.2, 0.25) is 0 Å². The summed E-state index contributed by atoms with van der Waals surface area (Å²) in [5, 5.41) is 0. The van der Waals surface area contributed by atoms with Crippen molar-refractivity contribution in [2.75, 3.05) is 14.2 Å². The maximum absolute atomic E-state index is 12.7. The van der Waals surface area contributed by atoms with Gasteiger partial charge in [0.25, 0.3) is 0 Å². The lowest BCUT2D eigenvalue weighted by Gasteiger charge is -2.15. The van der Waals surface area contributed by atoms with Gasteiger partial charge >= 0.3 is 5.97 Å². The molecule has 0 bridgehead atoms. The molecular formula is C21H20O6. The molecule has 1 unspecified atom stereocenters. The molecule has 0 amide bonds. The summed E-state index contributed by atoms with van der Waals surface area (Å²) >= 11 is 0. The van der Waals surface area contributed by atoms with E-state index in [0.29, 0.717) is 28.4 Å². The first kappa shape index (κ1) is 18.5. The zero-order chi connectivity index (χ0) is 19.6. The third kappa shape index (κ3) is 3.65. The van der Waals surface area contributed by atoms with Gasteiger partial charge in [-0.2, -0.15) is 0 Å². The Morgan fingerprint density at radius 2 is 1.96 bits per heavy atom. The van der Waals surface area contributed by atoms with Gasteiger partial charge in [0.1, 0.15) is 17.2 Å². The lowest BCUT2D eigenvalue weighted by molar-refractivity contribution is -0.147. The van der Waals surface area contributed by atoms with Crippen LogP contribution in [-0.2, 0) is 9.53 Å². The molecule has 2 aromatic rings. The average Bonchev–Trinajstić information content (AvgIpc) is 2.99. The molecule has 3 rings (SSSR count). The Labute approximate surface area is 157 Å². The summed E-state index contributed by atoms with van der Waals surface area (Å²) in [4.78, 5) is 24.2. The van der Waals surface area contributed by atoms with Crippen LogP contribution < -0.4 is 14.2 Å². The van der Waals surface area contributed by atoms with Crippen molar-refractivity contribution in [2.24, 2.45) is 0 Å². The van der Waals surface area contributed by atoms with Crippen molar-refractivity contribution < 1.29 is 28.5 Å². The van der Waals surface area contributed by atoms with E-state index in [4.69, 9.17) is 14.2 Å². The number of fused-ring (bicyclic) bond motifs is 1. The highest BCUT2D eigenvalue weighted by Gasteiger charge is 2.30. The summed E-state index contributed by atoms with van der Waals surface area (Å²) < 4.78 is 21.3. The number of ether oxygens (including phenoxy) is 4. The maximum Gasteiger partial charge on any atom is 0.346 e. The number of carbonyl (C=O) groups excluding carboxylic acids is 2. The molecule has 0 fully saturated rings. The van der Waals surface area contributed by atoms with Crippen molar-refractivity contribution in [2.45, 2.75) is 20.0 Å². The van der Waals surface area contributed by atoms with Crippen molar-refractivity contribution in [3.63, 3.8) is 0 Å². The molecule has 140 valence electrons. The molecule has 0 spiro atoms. The number of Topliss-reactive ketones (excluding diaryl/α,β-unsaturated/α-hetero) is 1. The standard InChI is InChI=1S/C21H20O6/c1-12-17(26-13(2)21(23)25-4)9-8-16-19(22)18(27-20(12)16)11-14-6-5-7-15(10-14)24-3/h5-11,13H,1-4H3/b18-11-. The smallest absolute Gasteiger partial charge is 0.346 e. The molecule has 0 aromatic heterocycles. The Bertz CT molecular complexity index is 928. The Morgan fingerprint density at radius 1 is 1.19 bits per heavy atom. The Morgan fingerprint density at radius 3 is 2.67 bits per heavy atom. The molecule has 1 aliphatic rings. The van der Waals surface area contributed by atoms with E-state index in [0.717, 1.165) is 5.56 Å². The number of carbonyl (C=O) groups is 2.